The third-order valence-electron chi connectivity index (χ3n) is 3.48. The fourth-order valence-corrected chi connectivity index (χ4v) is 3.63. The number of hydrogen-bond acceptors (Lipinski definition) is 3. The number of nitrogens with two attached hydrogens (primary N) is 1. The molecule has 0 radical (unpaired) electrons. The first-order valence-corrected chi connectivity index (χ1v) is 8.16. The van der Waals surface area contributed by atoms with Gasteiger partial charge in [-0.2, -0.15) is 0 Å². The lowest BCUT2D eigenvalue weighted by Gasteiger charge is -2.14. The largest absolute Gasteiger partial charge is 0.398 e. The molecule has 5 heteroatoms. The van der Waals surface area contributed by atoms with Crippen molar-refractivity contribution in [3.63, 3.8) is 0 Å². The zero-order valence-corrected chi connectivity index (χ0v) is 13.5. The van der Waals surface area contributed by atoms with E-state index in [0.29, 0.717) is 11.4 Å². The van der Waals surface area contributed by atoms with E-state index in [9.17, 15) is 8.42 Å². The number of hydrogen-bond donors (Lipinski definition) is 2. The molecule has 0 saturated carbocycles. The van der Waals surface area contributed by atoms with Crippen molar-refractivity contribution in [2.24, 2.45) is 0 Å². The van der Waals surface area contributed by atoms with Crippen LogP contribution in [0.25, 0.3) is 0 Å². The van der Waals surface area contributed by atoms with Gasteiger partial charge in [-0.1, -0.05) is 23.8 Å². The Kier molecular flexibility index (Phi) is 3.96. The van der Waals surface area contributed by atoms with E-state index in [4.69, 9.17) is 5.73 Å². The monoisotopic (exact) mass is 304 g/mol. The minimum Gasteiger partial charge on any atom is -0.398 e. The quantitative estimate of drug-likeness (QED) is 0.855. The third kappa shape index (κ3) is 3.19. The van der Waals surface area contributed by atoms with Crippen LogP contribution in [0.5, 0.6) is 0 Å². The summed E-state index contributed by atoms with van der Waals surface area (Å²) in [5, 5.41) is 0. The molecule has 0 saturated heterocycles. The SMILES string of the molecule is Cc1ccc(S(=O)(=O)Nc2cc(N)c(C)cc2C)c(C)c1. The highest BCUT2D eigenvalue weighted by molar-refractivity contribution is 7.92. The van der Waals surface area contributed by atoms with E-state index in [1.165, 1.54) is 0 Å². The van der Waals surface area contributed by atoms with Gasteiger partial charge in [-0.05, 0) is 56.5 Å². The molecule has 0 aliphatic carbocycles. The summed E-state index contributed by atoms with van der Waals surface area (Å²) < 4.78 is 27.7. The molecule has 3 N–H and O–H groups in total. The number of sulfonamides is 1. The van der Waals surface area contributed by atoms with Gasteiger partial charge in [-0.25, -0.2) is 8.42 Å². The topological polar surface area (TPSA) is 72.2 Å². The lowest BCUT2D eigenvalue weighted by Crippen LogP contribution is -2.15. The summed E-state index contributed by atoms with van der Waals surface area (Å²) in [7, 11) is -3.62. The lowest BCUT2D eigenvalue weighted by molar-refractivity contribution is 0.600. The van der Waals surface area contributed by atoms with Crippen LogP contribution in [0.15, 0.2) is 35.2 Å². The fraction of sp³-hybridized carbons (Fsp3) is 0.250. The van der Waals surface area contributed by atoms with Gasteiger partial charge in [-0.15, -0.1) is 0 Å². The molecule has 112 valence electrons. The van der Waals surface area contributed by atoms with E-state index in [1.54, 1.807) is 25.1 Å². The minimum atomic E-state index is -3.62. The van der Waals surface area contributed by atoms with Gasteiger partial charge in [0, 0.05) is 5.69 Å². The van der Waals surface area contributed by atoms with Gasteiger partial charge in [0.25, 0.3) is 10.0 Å². The van der Waals surface area contributed by atoms with E-state index in [2.05, 4.69) is 4.72 Å². The van der Waals surface area contributed by atoms with Gasteiger partial charge in [0.05, 0.1) is 10.6 Å². The number of nitrogen functional groups attached to an aromatic ring is 1. The van der Waals surface area contributed by atoms with Gasteiger partial charge in [0.1, 0.15) is 0 Å². The van der Waals surface area contributed by atoms with E-state index in [-0.39, 0.29) is 4.90 Å². The molecular formula is C16H20N2O2S. The number of benzene rings is 2. The highest BCUT2D eigenvalue weighted by Gasteiger charge is 2.18. The standard InChI is InChI=1S/C16H20N2O2S/c1-10-5-6-16(13(4)7-10)21(19,20)18-15-9-14(17)11(2)8-12(15)3/h5-9,18H,17H2,1-4H3. The molecule has 2 aromatic carbocycles. The number of anilines is 2. The minimum absolute atomic E-state index is 0.284. The van der Waals surface area contributed by atoms with E-state index in [1.807, 2.05) is 32.9 Å². The normalized spacial score (nSPS) is 11.4. The summed E-state index contributed by atoms with van der Waals surface area (Å²) in [5.74, 6) is 0. The van der Waals surface area contributed by atoms with Crippen LogP contribution in [-0.4, -0.2) is 8.42 Å². The predicted octanol–water partition coefficient (Wildman–Crippen LogP) is 3.30. The molecule has 0 fully saturated rings. The van der Waals surface area contributed by atoms with Crippen LogP contribution in [0.3, 0.4) is 0 Å². The first-order valence-electron chi connectivity index (χ1n) is 6.67. The average Bonchev–Trinajstić information content (AvgIpc) is 2.35. The fourth-order valence-electron chi connectivity index (χ4n) is 2.28. The smallest absolute Gasteiger partial charge is 0.262 e. The van der Waals surface area contributed by atoms with Crippen molar-refractivity contribution in [3.05, 3.63) is 52.6 Å². The van der Waals surface area contributed by atoms with Crippen molar-refractivity contribution in [3.8, 4) is 0 Å². The molecule has 0 aliphatic heterocycles. The van der Waals surface area contributed by atoms with Crippen molar-refractivity contribution >= 4 is 21.4 Å². The molecule has 2 aromatic rings. The summed E-state index contributed by atoms with van der Waals surface area (Å²) in [4.78, 5) is 0.284. The second-order valence-corrected chi connectivity index (χ2v) is 7.05. The van der Waals surface area contributed by atoms with Crippen LogP contribution < -0.4 is 10.5 Å². The molecule has 0 aliphatic rings. The number of aryl methyl sites for hydroxylation is 4. The predicted molar refractivity (Wildman–Crippen MR) is 87.1 cm³/mol. The first-order chi connectivity index (χ1) is 9.70. The van der Waals surface area contributed by atoms with Crippen molar-refractivity contribution in [2.45, 2.75) is 32.6 Å². The summed E-state index contributed by atoms with van der Waals surface area (Å²) in [5.41, 5.74) is 10.5. The van der Waals surface area contributed by atoms with Crippen LogP contribution in [0.1, 0.15) is 22.3 Å². The second kappa shape index (κ2) is 5.41. The molecule has 2 rings (SSSR count). The third-order valence-corrected chi connectivity index (χ3v) is 5.00. The van der Waals surface area contributed by atoms with Crippen LogP contribution in [-0.2, 0) is 10.0 Å². The maximum Gasteiger partial charge on any atom is 0.262 e. The Morgan fingerprint density at radius 1 is 0.905 bits per heavy atom. The van der Waals surface area contributed by atoms with Crippen LogP contribution >= 0.6 is 0 Å². The van der Waals surface area contributed by atoms with Gasteiger partial charge in [-0.3, -0.25) is 4.72 Å². The van der Waals surface area contributed by atoms with Gasteiger partial charge < -0.3 is 5.73 Å². The Bertz CT molecular complexity index is 796. The molecule has 0 bridgehead atoms. The molecular weight excluding hydrogens is 284 g/mol. The molecule has 0 aromatic heterocycles. The summed E-state index contributed by atoms with van der Waals surface area (Å²) in [6.45, 7) is 7.47. The van der Waals surface area contributed by atoms with Crippen molar-refractivity contribution in [1.29, 1.82) is 0 Å². The summed E-state index contributed by atoms with van der Waals surface area (Å²) in [6.07, 6.45) is 0. The van der Waals surface area contributed by atoms with Crippen LogP contribution in [0, 0.1) is 27.7 Å². The highest BCUT2D eigenvalue weighted by Crippen LogP contribution is 2.26. The Labute approximate surface area is 126 Å². The zero-order chi connectivity index (χ0) is 15.8. The zero-order valence-electron chi connectivity index (χ0n) is 12.7. The molecule has 21 heavy (non-hydrogen) atoms. The van der Waals surface area contributed by atoms with E-state index >= 15 is 0 Å². The second-order valence-electron chi connectivity index (χ2n) is 5.40. The van der Waals surface area contributed by atoms with Crippen molar-refractivity contribution in [1.82, 2.24) is 0 Å². The number of rotatable bonds is 3. The molecule has 0 heterocycles. The Morgan fingerprint density at radius 2 is 1.57 bits per heavy atom. The highest BCUT2D eigenvalue weighted by atomic mass is 32.2. The number of nitrogens with one attached hydrogen (secondary N) is 1. The van der Waals surface area contributed by atoms with E-state index in [0.717, 1.165) is 22.3 Å². The molecule has 0 amide bonds. The Hall–Kier alpha value is -2.01. The first kappa shape index (κ1) is 15.4. The summed E-state index contributed by atoms with van der Waals surface area (Å²) in [6, 6.07) is 8.80. The molecule has 0 atom stereocenters. The lowest BCUT2D eigenvalue weighted by atomic mass is 10.1. The molecule has 0 spiro atoms. The van der Waals surface area contributed by atoms with Crippen molar-refractivity contribution < 1.29 is 8.42 Å². The van der Waals surface area contributed by atoms with Crippen LogP contribution in [0.2, 0.25) is 0 Å². The Morgan fingerprint density at radius 3 is 2.19 bits per heavy atom. The summed E-state index contributed by atoms with van der Waals surface area (Å²) >= 11 is 0. The van der Waals surface area contributed by atoms with Gasteiger partial charge in [0.15, 0.2) is 0 Å². The van der Waals surface area contributed by atoms with E-state index < -0.39 is 10.0 Å². The maximum absolute atomic E-state index is 12.5. The average molecular weight is 304 g/mol. The van der Waals surface area contributed by atoms with Crippen LogP contribution in [0.4, 0.5) is 11.4 Å². The maximum atomic E-state index is 12.5. The molecule has 4 nitrogen and oxygen atoms in total. The van der Waals surface area contributed by atoms with Gasteiger partial charge in [0.2, 0.25) is 0 Å². The van der Waals surface area contributed by atoms with Gasteiger partial charge >= 0.3 is 0 Å². The molecule has 0 unspecified atom stereocenters. The van der Waals surface area contributed by atoms with Crippen molar-refractivity contribution in [2.75, 3.05) is 10.5 Å². The Balaban J connectivity index is 2.45.